The Morgan fingerprint density at radius 1 is 1.17 bits per heavy atom. The lowest BCUT2D eigenvalue weighted by molar-refractivity contribution is 0.0939. The van der Waals surface area contributed by atoms with Gasteiger partial charge in [-0.05, 0) is 48.7 Å². The summed E-state index contributed by atoms with van der Waals surface area (Å²) in [6.45, 7) is 5.37. The molecule has 156 valence electrons. The lowest BCUT2D eigenvalue weighted by Crippen LogP contribution is -2.38. The summed E-state index contributed by atoms with van der Waals surface area (Å²) in [4.78, 5) is 18.8. The van der Waals surface area contributed by atoms with E-state index in [0.717, 1.165) is 30.2 Å². The Bertz CT molecular complexity index is 818. The summed E-state index contributed by atoms with van der Waals surface area (Å²) in [5.74, 6) is 1.59. The van der Waals surface area contributed by atoms with E-state index in [1.165, 1.54) is 5.56 Å². The maximum absolute atomic E-state index is 12.3. The minimum atomic E-state index is -0.0396. The molecular formula is C23H32N4O2. The molecule has 2 aromatic carbocycles. The van der Waals surface area contributed by atoms with Crippen LogP contribution in [0.1, 0.15) is 41.8 Å². The molecule has 2 N–H and O–H groups in total. The average molecular weight is 397 g/mol. The van der Waals surface area contributed by atoms with Crippen molar-refractivity contribution in [3.63, 3.8) is 0 Å². The van der Waals surface area contributed by atoms with Crippen molar-refractivity contribution in [2.75, 3.05) is 21.2 Å². The van der Waals surface area contributed by atoms with Crippen molar-refractivity contribution in [3.8, 4) is 5.75 Å². The fourth-order valence-corrected chi connectivity index (χ4v) is 2.88. The van der Waals surface area contributed by atoms with Crippen molar-refractivity contribution in [2.24, 2.45) is 4.99 Å². The van der Waals surface area contributed by atoms with Gasteiger partial charge in [0.05, 0.1) is 7.11 Å². The van der Waals surface area contributed by atoms with Gasteiger partial charge < -0.3 is 20.3 Å². The number of rotatable bonds is 8. The van der Waals surface area contributed by atoms with Crippen LogP contribution in [0.25, 0.3) is 0 Å². The van der Waals surface area contributed by atoms with Gasteiger partial charge in [-0.25, -0.2) is 0 Å². The maximum Gasteiger partial charge on any atom is 0.251 e. The largest absolute Gasteiger partial charge is 0.497 e. The standard InChI is InChI=1S/C23H32N4O2/c1-6-17(2)26-22(28)20-9-7-8-19(14-20)15-25-23(24-3)27(4)16-18-10-12-21(29-5)13-11-18/h7-14,17H,6,15-16H2,1-5H3,(H,24,25)(H,26,28). The van der Waals surface area contributed by atoms with Gasteiger partial charge in [0.2, 0.25) is 0 Å². The van der Waals surface area contributed by atoms with E-state index in [1.807, 2.05) is 62.5 Å². The van der Waals surface area contributed by atoms with E-state index in [0.29, 0.717) is 12.1 Å². The molecule has 0 aliphatic carbocycles. The van der Waals surface area contributed by atoms with Crippen molar-refractivity contribution < 1.29 is 9.53 Å². The minimum absolute atomic E-state index is 0.0396. The van der Waals surface area contributed by atoms with E-state index < -0.39 is 0 Å². The van der Waals surface area contributed by atoms with Gasteiger partial charge >= 0.3 is 0 Å². The van der Waals surface area contributed by atoms with Gasteiger partial charge in [0.25, 0.3) is 5.91 Å². The highest BCUT2D eigenvalue weighted by molar-refractivity contribution is 5.94. The molecule has 0 fully saturated rings. The van der Waals surface area contributed by atoms with Gasteiger partial charge in [-0.2, -0.15) is 0 Å². The van der Waals surface area contributed by atoms with E-state index in [4.69, 9.17) is 4.74 Å². The van der Waals surface area contributed by atoms with Crippen LogP contribution in [0.5, 0.6) is 5.75 Å². The molecular weight excluding hydrogens is 364 g/mol. The Kier molecular flexibility index (Phi) is 8.52. The normalized spacial score (nSPS) is 12.2. The van der Waals surface area contributed by atoms with Crippen molar-refractivity contribution in [2.45, 2.75) is 39.4 Å². The smallest absolute Gasteiger partial charge is 0.251 e. The lowest BCUT2D eigenvalue weighted by Gasteiger charge is -2.22. The van der Waals surface area contributed by atoms with E-state index in [9.17, 15) is 4.79 Å². The fraction of sp³-hybridized carbons (Fsp3) is 0.391. The lowest BCUT2D eigenvalue weighted by atomic mass is 10.1. The maximum atomic E-state index is 12.3. The molecule has 6 heteroatoms. The number of hydrogen-bond donors (Lipinski definition) is 2. The summed E-state index contributed by atoms with van der Waals surface area (Å²) in [6.07, 6.45) is 0.907. The van der Waals surface area contributed by atoms with Gasteiger partial charge in [-0.3, -0.25) is 9.79 Å². The molecule has 1 atom stereocenters. The van der Waals surface area contributed by atoms with Gasteiger partial charge in [0.1, 0.15) is 5.75 Å². The van der Waals surface area contributed by atoms with Crippen LogP contribution in [0.15, 0.2) is 53.5 Å². The minimum Gasteiger partial charge on any atom is -0.497 e. The SMILES string of the molecule is CCC(C)NC(=O)c1cccc(CNC(=NC)N(C)Cc2ccc(OC)cc2)c1. The topological polar surface area (TPSA) is 66.0 Å². The molecule has 0 radical (unpaired) electrons. The fourth-order valence-electron chi connectivity index (χ4n) is 2.88. The summed E-state index contributed by atoms with van der Waals surface area (Å²) >= 11 is 0. The molecule has 0 aromatic heterocycles. The van der Waals surface area contributed by atoms with Crippen LogP contribution < -0.4 is 15.4 Å². The van der Waals surface area contributed by atoms with E-state index in [1.54, 1.807) is 14.2 Å². The summed E-state index contributed by atoms with van der Waals surface area (Å²) in [7, 11) is 5.42. The first-order valence-electron chi connectivity index (χ1n) is 9.91. The number of nitrogens with zero attached hydrogens (tertiary/aromatic N) is 2. The highest BCUT2D eigenvalue weighted by atomic mass is 16.5. The highest BCUT2D eigenvalue weighted by Crippen LogP contribution is 2.13. The Morgan fingerprint density at radius 3 is 2.52 bits per heavy atom. The molecule has 0 bridgehead atoms. The van der Waals surface area contributed by atoms with Gasteiger partial charge in [0.15, 0.2) is 5.96 Å². The molecule has 0 spiro atoms. The van der Waals surface area contributed by atoms with Crippen molar-refractivity contribution in [3.05, 3.63) is 65.2 Å². The third-order valence-electron chi connectivity index (χ3n) is 4.78. The molecule has 1 unspecified atom stereocenters. The van der Waals surface area contributed by atoms with Crippen molar-refractivity contribution in [1.82, 2.24) is 15.5 Å². The Labute approximate surface area is 174 Å². The molecule has 2 aromatic rings. The summed E-state index contributed by atoms with van der Waals surface area (Å²) in [6, 6.07) is 15.8. The van der Waals surface area contributed by atoms with Crippen molar-refractivity contribution in [1.29, 1.82) is 0 Å². The van der Waals surface area contributed by atoms with Crippen molar-refractivity contribution >= 4 is 11.9 Å². The molecule has 6 nitrogen and oxygen atoms in total. The first-order valence-corrected chi connectivity index (χ1v) is 9.91. The predicted octanol–water partition coefficient (Wildman–Crippen LogP) is 3.43. The first-order chi connectivity index (χ1) is 14.0. The van der Waals surface area contributed by atoms with Gasteiger partial charge in [-0.15, -0.1) is 0 Å². The number of ether oxygens (including phenoxy) is 1. The Hall–Kier alpha value is -3.02. The Balaban J connectivity index is 1.95. The number of methoxy groups -OCH3 is 1. The molecule has 0 heterocycles. The zero-order chi connectivity index (χ0) is 21.2. The zero-order valence-electron chi connectivity index (χ0n) is 18.0. The number of carbonyl (C=O) groups is 1. The summed E-state index contributed by atoms with van der Waals surface area (Å²) in [5, 5.41) is 6.37. The average Bonchev–Trinajstić information content (AvgIpc) is 2.74. The third-order valence-corrected chi connectivity index (χ3v) is 4.78. The van der Waals surface area contributed by atoms with E-state index in [-0.39, 0.29) is 11.9 Å². The first kappa shape index (κ1) is 22.3. The quantitative estimate of drug-likeness (QED) is 0.530. The molecule has 0 aliphatic heterocycles. The number of nitrogens with one attached hydrogen (secondary N) is 2. The highest BCUT2D eigenvalue weighted by Gasteiger charge is 2.10. The van der Waals surface area contributed by atoms with Crippen LogP contribution in [0.2, 0.25) is 0 Å². The van der Waals surface area contributed by atoms with E-state index >= 15 is 0 Å². The van der Waals surface area contributed by atoms with Crippen LogP contribution in [-0.4, -0.2) is 44.0 Å². The zero-order valence-corrected chi connectivity index (χ0v) is 18.0. The summed E-state index contributed by atoms with van der Waals surface area (Å²) in [5.41, 5.74) is 2.87. The number of benzene rings is 2. The summed E-state index contributed by atoms with van der Waals surface area (Å²) < 4.78 is 5.21. The van der Waals surface area contributed by atoms with Gasteiger partial charge in [0, 0.05) is 38.8 Å². The number of amides is 1. The number of aliphatic imine (C=N–C) groups is 1. The third kappa shape index (κ3) is 6.82. The number of guanidine groups is 1. The molecule has 2 rings (SSSR count). The second-order valence-corrected chi connectivity index (χ2v) is 7.09. The Morgan fingerprint density at radius 2 is 1.90 bits per heavy atom. The molecule has 0 saturated heterocycles. The molecule has 1 amide bonds. The molecule has 29 heavy (non-hydrogen) atoms. The van der Waals surface area contributed by atoms with Crippen LogP contribution in [0.3, 0.4) is 0 Å². The van der Waals surface area contributed by atoms with Crippen LogP contribution >= 0.6 is 0 Å². The number of carbonyl (C=O) groups excluding carboxylic acids is 1. The second-order valence-electron chi connectivity index (χ2n) is 7.09. The van der Waals surface area contributed by atoms with E-state index in [2.05, 4.69) is 27.4 Å². The van der Waals surface area contributed by atoms with Crippen LogP contribution in [0.4, 0.5) is 0 Å². The van der Waals surface area contributed by atoms with Crippen LogP contribution in [0, 0.1) is 0 Å². The molecule has 0 aliphatic rings. The molecule has 0 saturated carbocycles. The predicted molar refractivity (Wildman–Crippen MR) is 118 cm³/mol. The number of hydrogen-bond acceptors (Lipinski definition) is 3. The van der Waals surface area contributed by atoms with Crippen LogP contribution in [-0.2, 0) is 13.1 Å². The van der Waals surface area contributed by atoms with Gasteiger partial charge in [-0.1, -0.05) is 31.2 Å². The second kappa shape index (κ2) is 11.1. The monoisotopic (exact) mass is 396 g/mol.